The lowest BCUT2D eigenvalue weighted by Gasteiger charge is -2.32. The quantitative estimate of drug-likeness (QED) is 0.383. The van der Waals surface area contributed by atoms with Crippen LogP contribution in [0.2, 0.25) is 0 Å². The smallest absolute Gasteiger partial charge is 0.381 e. The van der Waals surface area contributed by atoms with Gasteiger partial charge in [0.25, 0.3) is 11.7 Å². The van der Waals surface area contributed by atoms with Gasteiger partial charge in [0.05, 0.1) is 35.2 Å². The summed E-state index contributed by atoms with van der Waals surface area (Å²) in [6.07, 6.45) is 3.71. The molecule has 0 bridgehead atoms. The van der Waals surface area contributed by atoms with Crippen LogP contribution in [0.5, 0.6) is 0 Å². The summed E-state index contributed by atoms with van der Waals surface area (Å²) in [7, 11) is 0. The van der Waals surface area contributed by atoms with Gasteiger partial charge in [-0.2, -0.15) is 23.4 Å². The molecule has 3 fully saturated rings. The number of carbonyl (C=O) groups is 2. The molecule has 3 aromatic rings. The Morgan fingerprint density at radius 2 is 1.91 bits per heavy atom. The van der Waals surface area contributed by atoms with Crippen LogP contribution in [0.1, 0.15) is 98.5 Å². The molecule has 0 radical (unpaired) electrons. The molecule has 6 rings (SSSR count). The Kier molecular flexibility index (Phi) is 9.07. The summed E-state index contributed by atoms with van der Waals surface area (Å²) in [5, 5.41) is 14.6. The third-order valence-electron chi connectivity index (χ3n) is 9.66. The Bertz CT molecular complexity index is 1510. The number of carbonyl (C=O) groups excluding carboxylic acids is 2. The molecule has 0 spiro atoms. The Hall–Kier alpha value is -3.62. The third kappa shape index (κ3) is 6.82. The van der Waals surface area contributed by atoms with Crippen molar-refractivity contribution in [3.05, 3.63) is 35.4 Å². The largest absolute Gasteiger partial charge is 0.393 e. The SMILES string of the molecule is CCn1ncnc1C(=O)N[C@H](c1cn2nc(C[C@H]3C[C@@H](C(F)(F)F)CNC3=O)c(C3CCOCC3)nc2n1)C1CCC(C)CC1. The molecule has 3 atom stereocenters. The standard InChI is InChI=1S/C30H40F3N9O3/c1-3-41-26(35-16-36-41)28(44)38-25(18-6-4-17(2)5-7-18)23-15-42-29(37-23)39-24(19-8-10-45-11-9-19)22(40-42)13-20-12-21(30(31,32)33)14-34-27(20)43/h15-21,25H,3-14H2,1-2H3,(H,34,43)(H,38,44)/t17?,18?,20-,21-,25+/m1/s1. The molecule has 244 valence electrons. The molecule has 1 aliphatic carbocycles. The Morgan fingerprint density at radius 3 is 2.62 bits per heavy atom. The van der Waals surface area contributed by atoms with Crippen LogP contribution in [0.15, 0.2) is 12.5 Å². The summed E-state index contributed by atoms with van der Waals surface area (Å²) in [4.78, 5) is 40.1. The highest BCUT2D eigenvalue weighted by Gasteiger charge is 2.45. The van der Waals surface area contributed by atoms with Crippen LogP contribution < -0.4 is 10.6 Å². The lowest BCUT2D eigenvalue weighted by Crippen LogP contribution is -2.47. The van der Waals surface area contributed by atoms with Crippen molar-refractivity contribution < 1.29 is 27.5 Å². The Balaban J connectivity index is 1.35. The lowest BCUT2D eigenvalue weighted by molar-refractivity contribution is -0.183. The average molecular weight is 632 g/mol. The average Bonchev–Trinajstić information content (AvgIpc) is 3.68. The highest BCUT2D eigenvalue weighted by Crippen LogP contribution is 2.38. The Morgan fingerprint density at radius 1 is 1.16 bits per heavy atom. The summed E-state index contributed by atoms with van der Waals surface area (Å²) < 4.78 is 49.4. The number of aromatic nitrogens is 7. The van der Waals surface area contributed by atoms with Gasteiger partial charge in [-0.25, -0.2) is 24.1 Å². The molecule has 3 aliphatic rings. The fraction of sp³-hybridized carbons (Fsp3) is 0.700. The summed E-state index contributed by atoms with van der Waals surface area (Å²) in [6.45, 7) is 5.27. The van der Waals surface area contributed by atoms with Crippen molar-refractivity contribution in [2.45, 2.75) is 89.9 Å². The molecule has 2 amide bonds. The predicted molar refractivity (Wildman–Crippen MR) is 155 cm³/mol. The maximum Gasteiger partial charge on any atom is 0.393 e. The first-order valence-corrected chi connectivity index (χ1v) is 16.0. The van der Waals surface area contributed by atoms with E-state index in [9.17, 15) is 22.8 Å². The second kappa shape index (κ2) is 13.0. The summed E-state index contributed by atoms with van der Waals surface area (Å²) in [5.74, 6) is -1.97. The number of nitrogens with zero attached hydrogens (tertiary/aromatic N) is 7. The molecule has 45 heavy (non-hydrogen) atoms. The van der Waals surface area contributed by atoms with E-state index in [0.717, 1.165) is 25.7 Å². The summed E-state index contributed by atoms with van der Waals surface area (Å²) >= 11 is 0. The van der Waals surface area contributed by atoms with Gasteiger partial charge in [-0.05, 0) is 50.9 Å². The minimum atomic E-state index is -4.40. The van der Waals surface area contributed by atoms with Crippen LogP contribution >= 0.6 is 0 Å². The second-order valence-corrected chi connectivity index (χ2v) is 12.7. The normalized spacial score (nSPS) is 25.7. The van der Waals surface area contributed by atoms with Crippen molar-refractivity contribution in [2.24, 2.45) is 23.7 Å². The van der Waals surface area contributed by atoms with Crippen LogP contribution in [-0.2, 0) is 22.5 Å². The first-order chi connectivity index (χ1) is 21.6. The number of hydrogen-bond acceptors (Lipinski definition) is 8. The summed E-state index contributed by atoms with van der Waals surface area (Å²) in [6, 6.07) is -0.429. The van der Waals surface area contributed by atoms with E-state index in [0.29, 0.717) is 61.4 Å². The van der Waals surface area contributed by atoms with Crippen LogP contribution in [0.25, 0.3) is 5.78 Å². The van der Waals surface area contributed by atoms with Crippen LogP contribution in [0.4, 0.5) is 13.2 Å². The number of fused-ring (bicyclic) bond motifs is 1. The molecule has 0 unspecified atom stereocenters. The van der Waals surface area contributed by atoms with E-state index >= 15 is 0 Å². The van der Waals surface area contributed by atoms with Gasteiger partial charge >= 0.3 is 6.18 Å². The molecule has 3 aromatic heterocycles. The second-order valence-electron chi connectivity index (χ2n) is 12.7. The van der Waals surface area contributed by atoms with Crippen molar-refractivity contribution in [1.29, 1.82) is 0 Å². The fourth-order valence-electron chi connectivity index (χ4n) is 6.97. The molecule has 1 saturated carbocycles. The lowest BCUT2D eigenvalue weighted by atomic mass is 9.78. The number of hydrogen-bond donors (Lipinski definition) is 2. The first kappa shape index (κ1) is 31.4. The number of imidazole rings is 1. The van der Waals surface area contributed by atoms with E-state index in [1.54, 1.807) is 10.9 Å². The molecule has 0 aromatic carbocycles. The van der Waals surface area contributed by atoms with Crippen LogP contribution in [-0.4, -0.2) is 72.1 Å². The maximum absolute atomic E-state index is 13.6. The zero-order valence-corrected chi connectivity index (χ0v) is 25.6. The summed E-state index contributed by atoms with van der Waals surface area (Å²) in [5.41, 5.74) is 1.74. The molecular weight excluding hydrogens is 591 g/mol. The highest BCUT2D eigenvalue weighted by molar-refractivity contribution is 5.90. The first-order valence-electron chi connectivity index (χ1n) is 16.0. The van der Waals surface area contributed by atoms with Crippen LogP contribution in [0, 0.1) is 23.7 Å². The van der Waals surface area contributed by atoms with Crippen molar-refractivity contribution in [3.8, 4) is 0 Å². The van der Waals surface area contributed by atoms with Gasteiger partial charge in [-0.3, -0.25) is 9.59 Å². The molecule has 12 nitrogen and oxygen atoms in total. The van der Waals surface area contributed by atoms with Crippen molar-refractivity contribution in [1.82, 2.24) is 45.0 Å². The molecule has 2 saturated heterocycles. The van der Waals surface area contributed by atoms with Gasteiger partial charge in [0.1, 0.15) is 6.33 Å². The van der Waals surface area contributed by atoms with Gasteiger partial charge < -0.3 is 15.4 Å². The van der Waals surface area contributed by atoms with E-state index in [1.165, 1.54) is 10.8 Å². The van der Waals surface area contributed by atoms with Gasteiger partial charge in [0, 0.05) is 44.6 Å². The molecular formula is C30H40F3N9O3. The zero-order chi connectivity index (χ0) is 31.7. The van der Waals surface area contributed by atoms with Crippen molar-refractivity contribution in [3.63, 3.8) is 0 Å². The predicted octanol–water partition coefficient (Wildman–Crippen LogP) is 3.78. The molecule has 2 aliphatic heterocycles. The number of rotatable bonds is 8. The van der Waals surface area contributed by atoms with Gasteiger partial charge in [-0.1, -0.05) is 19.8 Å². The number of piperidine rings is 1. The number of amides is 2. The Labute approximate surface area is 258 Å². The number of ether oxygens (including phenoxy) is 1. The van der Waals surface area contributed by atoms with E-state index < -0.39 is 36.5 Å². The maximum atomic E-state index is 13.6. The van der Waals surface area contributed by atoms with Crippen LogP contribution in [0.3, 0.4) is 0 Å². The molecule has 5 heterocycles. The minimum absolute atomic E-state index is 0.0211. The van der Waals surface area contributed by atoms with Gasteiger partial charge in [-0.15, -0.1) is 0 Å². The van der Waals surface area contributed by atoms with E-state index in [1.807, 2.05) is 6.92 Å². The number of halogens is 3. The van der Waals surface area contributed by atoms with E-state index in [-0.39, 0.29) is 36.4 Å². The molecule has 15 heteroatoms. The molecule has 2 N–H and O–H groups in total. The van der Waals surface area contributed by atoms with Gasteiger partial charge in [0.2, 0.25) is 11.7 Å². The van der Waals surface area contributed by atoms with E-state index in [4.69, 9.17) is 19.8 Å². The third-order valence-corrected chi connectivity index (χ3v) is 9.66. The topological polar surface area (TPSA) is 141 Å². The highest BCUT2D eigenvalue weighted by atomic mass is 19.4. The van der Waals surface area contributed by atoms with Crippen molar-refractivity contribution in [2.75, 3.05) is 19.8 Å². The van der Waals surface area contributed by atoms with E-state index in [2.05, 4.69) is 27.6 Å². The monoisotopic (exact) mass is 631 g/mol. The fourth-order valence-corrected chi connectivity index (χ4v) is 6.97. The number of aryl methyl sites for hydroxylation is 1. The van der Waals surface area contributed by atoms with Gasteiger partial charge in [0.15, 0.2) is 0 Å². The zero-order valence-electron chi connectivity index (χ0n) is 25.6. The minimum Gasteiger partial charge on any atom is -0.381 e. The number of alkyl halides is 3. The number of nitrogens with one attached hydrogen (secondary N) is 2. The van der Waals surface area contributed by atoms with Crippen molar-refractivity contribution >= 4 is 17.6 Å².